The Hall–Kier alpha value is -1.39. The van der Waals surface area contributed by atoms with Crippen LogP contribution in [0.2, 0.25) is 0 Å². The summed E-state index contributed by atoms with van der Waals surface area (Å²) in [4.78, 5) is 11.2. The molecule has 0 aromatic heterocycles. The zero-order valence-corrected chi connectivity index (χ0v) is 10.7. The summed E-state index contributed by atoms with van der Waals surface area (Å²) in [5, 5.41) is 19.7. The minimum atomic E-state index is -0.786. The number of hydrogen-bond donors (Lipinski definition) is 2. The summed E-state index contributed by atoms with van der Waals surface area (Å²) in [5.74, 6) is -1.37. The number of rotatable bonds is 3. The van der Waals surface area contributed by atoms with Crippen molar-refractivity contribution < 1.29 is 19.7 Å². The van der Waals surface area contributed by atoms with Crippen LogP contribution in [0.1, 0.15) is 42.1 Å². The molecule has 1 aliphatic heterocycles. The molecule has 1 fully saturated rings. The molecule has 3 atom stereocenters. The molecule has 0 bridgehead atoms. The van der Waals surface area contributed by atoms with Gasteiger partial charge in [-0.2, -0.15) is 0 Å². The van der Waals surface area contributed by atoms with Crippen LogP contribution in [-0.2, 0) is 22.7 Å². The number of aliphatic carboxylic acids is 1. The molecular weight excluding hydrogens is 244 g/mol. The number of carboxylic acid groups (broad SMARTS) is 1. The van der Waals surface area contributed by atoms with Crippen molar-refractivity contribution in [3.05, 3.63) is 34.9 Å². The lowest BCUT2D eigenvalue weighted by atomic mass is 9.86. The fourth-order valence-electron chi connectivity index (χ4n) is 3.30. The number of aliphatic hydroxyl groups is 1. The predicted octanol–water partition coefficient (Wildman–Crippen LogP) is 2.25. The standard InChI is InChI=1S/C15H18O4/c16-14(12-2-1-3-13(12)15(17)18)9-4-5-10-7-19-8-11(10)6-9/h4-6,12-14,16H,1-3,7-8H2,(H,17,18). The van der Waals surface area contributed by atoms with Gasteiger partial charge in [0, 0.05) is 5.92 Å². The molecule has 3 rings (SSSR count). The van der Waals surface area contributed by atoms with Gasteiger partial charge in [-0.15, -0.1) is 0 Å². The van der Waals surface area contributed by atoms with Crippen molar-refractivity contribution in [3.8, 4) is 0 Å². The normalized spacial score (nSPS) is 27.2. The van der Waals surface area contributed by atoms with E-state index in [1.807, 2.05) is 18.2 Å². The maximum atomic E-state index is 11.2. The molecule has 19 heavy (non-hydrogen) atoms. The molecule has 1 aliphatic carbocycles. The molecular formula is C15H18O4. The average molecular weight is 262 g/mol. The first-order valence-electron chi connectivity index (χ1n) is 6.77. The summed E-state index contributed by atoms with van der Waals surface area (Å²) in [5.41, 5.74) is 3.10. The van der Waals surface area contributed by atoms with Crippen molar-refractivity contribution in [2.24, 2.45) is 11.8 Å². The summed E-state index contributed by atoms with van der Waals surface area (Å²) in [6, 6.07) is 5.84. The summed E-state index contributed by atoms with van der Waals surface area (Å²) < 4.78 is 5.36. The van der Waals surface area contributed by atoms with Gasteiger partial charge in [0.05, 0.1) is 25.2 Å². The Morgan fingerprint density at radius 1 is 1.26 bits per heavy atom. The van der Waals surface area contributed by atoms with Crippen LogP contribution in [-0.4, -0.2) is 16.2 Å². The van der Waals surface area contributed by atoms with Gasteiger partial charge in [-0.25, -0.2) is 0 Å². The van der Waals surface area contributed by atoms with Crippen LogP contribution in [0.5, 0.6) is 0 Å². The van der Waals surface area contributed by atoms with Crippen LogP contribution in [0.4, 0.5) is 0 Å². The first-order valence-corrected chi connectivity index (χ1v) is 6.77. The van der Waals surface area contributed by atoms with Crippen molar-refractivity contribution in [2.75, 3.05) is 0 Å². The van der Waals surface area contributed by atoms with Gasteiger partial charge in [-0.1, -0.05) is 24.6 Å². The average Bonchev–Trinajstić information content (AvgIpc) is 3.05. The quantitative estimate of drug-likeness (QED) is 0.876. The number of carbonyl (C=O) groups is 1. The smallest absolute Gasteiger partial charge is 0.306 e. The third-order valence-electron chi connectivity index (χ3n) is 4.38. The number of fused-ring (bicyclic) bond motifs is 1. The highest BCUT2D eigenvalue weighted by atomic mass is 16.5. The first kappa shape index (κ1) is 12.6. The molecule has 2 N–H and O–H groups in total. The maximum Gasteiger partial charge on any atom is 0.306 e. The highest BCUT2D eigenvalue weighted by molar-refractivity contribution is 5.70. The lowest BCUT2D eigenvalue weighted by molar-refractivity contribution is -0.144. The fraction of sp³-hybridized carbons (Fsp3) is 0.533. The third-order valence-corrected chi connectivity index (χ3v) is 4.38. The Kier molecular flexibility index (Phi) is 3.29. The van der Waals surface area contributed by atoms with Crippen LogP contribution in [0.15, 0.2) is 18.2 Å². The van der Waals surface area contributed by atoms with E-state index in [9.17, 15) is 15.0 Å². The topological polar surface area (TPSA) is 66.8 Å². The first-order chi connectivity index (χ1) is 9.16. The fourth-order valence-corrected chi connectivity index (χ4v) is 3.30. The Bertz CT molecular complexity index is 497. The van der Waals surface area contributed by atoms with Crippen LogP contribution in [0, 0.1) is 11.8 Å². The summed E-state index contributed by atoms with van der Waals surface area (Å²) in [7, 11) is 0. The second-order valence-electron chi connectivity index (χ2n) is 5.51. The van der Waals surface area contributed by atoms with E-state index in [1.165, 1.54) is 0 Å². The van der Waals surface area contributed by atoms with Crippen LogP contribution in [0.3, 0.4) is 0 Å². The molecule has 0 saturated heterocycles. The van der Waals surface area contributed by atoms with Crippen LogP contribution < -0.4 is 0 Å². The summed E-state index contributed by atoms with van der Waals surface area (Å²) in [6.07, 6.45) is 1.65. The van der Waals surface area contributed by atoms with Crippen molar-refractivity contribution >= 4 is 5.97 Å². The summed E-state index contributed by atoms with van der Waals surface area (Å²) >= 11 is 0. The van der Waals surface area contributed by atoms with E-state index < -0.39 is 18.0 Å². The van der Waals surface area contributed by atoms with Gasteiger partial charge in [-0.3, -0.25) is 4.79 Å². The molecule has 1 heterocycles. The van der Waals surface area contributed by atoms with Crippen LogP contribution >= 0.6 is 0 Å². The van der Waals surface area contributed by atoms with Crippen molar-refractivity contribution in [1.82, 2.24) is 0 Å². The highest BCUT2D eigenvalue weighted by Gasteiger charge is 2.38. The number of carboxylic acids is 1. The molecule has 0 radical (unpaired) electrons. The monoisotopic (exact) mass is 262 g/mol. The summed E-state index contributed by atoms with van der Waals surface area (Å²) in [6.45, 7) is 1.22. The minimum absolute atomic E-state index is 0.169. The number of benzene rings is 1. The largest absolute Gasteiger partial charge is 0.481 e. The van der Waals surface area contributed by atoms with E-state index in [4.69, 9.17) is 4.74 Å². The maximum absolute atomic E-state index is 11.2. The number of hydrogen-bond acceptors (Lipinski definition) is 3. The molecule has 1 aromatic rings. The van der Waals surface area contributed by atoms with E-state index in [1.54, 1.807) is 0 Å². The lowest BCUT2D eigenvalue weighted by Gasteiger charge is -2.23. The Morgan fingerprint density at radius 2 is 2.05 bits per heavy atom. The Labute approximate surface area is 112 Å². The van der Waals surface area contributed by atoms with Gasteiger partial charge in [0.25, 0.3) is 0 Å². The number of aliphatic hydroxyl groups excluding tert-OH is 1. The zero-order valence-electron chi connectivity index (χ0n) is 10.7. The van der Waals surface area contributed by atoms with E-state index in [2.05, 4.69) is 0 Å². The number of ether oxygens (including phenoxy) is 1. The second kappa shape index (κ2) is 4.94. The van der Waals surface area contributed by atoms with Gasteiger partial charge in [0.15, 0.2) is 0 Å². The molecule has 3 unspecified atom stereocenters. The SMILES string of the molecule is O=C(O)C1CCCC1C(O)c1ccc2c(c1)COC2. The Balaban J connectivity index is 1.83. The van der Waals surface area contributed by atoms with Gasteiger partial charge in [0.1, 0.15) is 0 Å². The van der Waals surface area contributed by atoms with E-state index in [0.29, 0.717) is 19.6 Å². The lowest BCUT2D eigenvalue weighted by Crippen LogP contribution is -2.24. The highest BCUT2D eigenvalue weighted by Crippen LogP contribution is 2.41. The Morgan fingerprint density at radius 3 is 2.84 bits per heavy atom. The van der Waals surface area contributed by atoms with Gasteiger partial charge >= 0.3 is 5.97 Å². The molecule has 0 spiro atoms. The molecule has 102 valence electrons. The van der Waals surface area contributed by atoms with Crippen molar-refractivity contribution in [3.63, 3.8) is 0 Å². The van der Waals surface area contributed by atoms with E-state index >= 15 is 0 Å². The van der Waals surface area contributed by atoms with Crippen LogP contribution in [0.25, 0.3) is 0 Å². The molecule has 2 aliphatic rings. The molecule has 4 heteroatoms. The van der Waals surface area contributed by atoms with Crippen molar-refractivity contribution in [1.29, 1.82) is 0 Å². The van der Waals surface area contributed by atoms with E-state index in [-0.39, 0.29) is 5.92 Å². The van der Waals surface area contributed by atoms with Gasteiger partial charge < -0.3 is 14.9 Å². The third kappa shape index (κ3) is 2.26. The molecule has 1 saturated carbocycles. The molecule has 1 aromatic carbocycles. The minimum Gasteiger partial charge on any atom is -0.481 e. The predicted molar refractivity (Wildman–Crippen MR) is 68.4 cm³/mol. The van der Waals surface area contributed by atoms with E-state index in [0.717, 1.165) is 29.5 Å². The van der Waals surface area contributed by atoms with Gasteiger partial charge in [0.2, 0.25) is 0 Å². The van der Waals surface area contributed by atoms with Crippen molar-refractivity contribution in [2.45, 2.75) is 38.6 Å². The molecule has 0 amide bonds. The van der Waals surface area contributed by atoms with Gasteiger partial charge in [-0.05, 0) is 29.5 Å². The second-order valence-corrected chi connectivity index (χ2v) is 5.51. The molecule has 4 nitrogen and oxygen atoms in total. The zero-order chi connectivity index (χ0) is 13.4.